The summed E-state index contributed by atoms with van der Waals surface area (Å²) in [4.78, 5) is 0. The van der Waals surface area contributed by atoms with Crippen molar-refractivity contribution in [3.8, 4) is 0 Å². The Kier molecular flexibility index (Phi) is 3.74. The van der Waals surface area contributed by atoms with Crippen LogP contribution < -0.4 is 0 Å². The van der Waals surface area contributed by atoms with Gasteiger partial charge < -0.3 is 9.47 Å². The summed E-state index contributed by atoms with van der Waals surface area (Å²) in [5.74, 6) is 0.443. The van der Waals surface area contributed by atoms with Gasteiger partial charge in [0.1, 0.15) is 0 Å². The molecule has 0 aromatic rings. The van der Waals surface area contributed by atoms with Gasteiger partial charge in [-0.15, -0.1) is 0 Å². The second-order valence-electron chi connectivity index (χ2n) is 4.37. The van der Waals surface area contributed by atoms with Crippen LogP contribution in [0.15, 0.2) is 0 Å². The van der Waals surface area contributed by atoms with E-state index in [2.05, 4.69) is 13.8 Å². The molecule has 1 rings (SSSR count). The normalized spacial score (nSPS) is 27.0. The van der Waals surface area contributed by atoms with E-state index in [1.807, 2.05) is 13.8 Å². The maximum absolute atomic E-state index is 5.76. The van der Waals surface area contributed by atoms with Crippen LogP contribution in [0, 0.1) is 5.92 Å². The van der Waals surface area contributed by atoms with Crippen LogP contribution >= 0.6 is 0 Å². The third-order valence-corrected chi connectivity index (χ3v) is 2.82. The molecule has 1 heterocycles. The largest absolute Gasteiger partial charge is 0.348 e. The molecule has 0 spiro atoms. The van der Waals surface area contributed by atoms with Crippen molar-refractivity contribution in [3.05, 3.63) is 0 Å². The third-order valence-electron chi connectivity index (χ3n) is 2.82. The molecule has 1 aliphatic rings. The van der Waals surface area contributed by atoms with Crippen LogP contribution in [0.1, 0.15) is 47.0 Å². The van der Waals surface area contributed by atoms with Crippen LogP contribution in [0.3, 0.4) is 0 Å². The lowest BCUT2D eigenvalue weighted by molar-refractivity contribution is -0.140. The van der Waals surface area contributed by atoms with Gasteiger partial charge in [0, 0.05) is 0 Å². The molecular weight excluding hydrogens is 164 g/mol. The Morgan fingerprint density at radius 2 is 1.92 bits per heavy atom. The molecule has 0 radical (unpaired) electrons. The molecule has 0 aromatic carbocycles. The molecule has 1 saturated heterocycles. The summed E-state index contributed by atoms with van der Waals surface area (Å²) in [6.45, 7) is 9.23. The highest BCUT2D eigenvalue weighted by Gasteiger charge is 2.33. The predicted molar refractivity (Wildman–Crippen MR) is 53.6 cm³/mol. The summed E-state index contributed by atoms with van der Waals surface area (Å²) >= 11 is 0. The van der Waals surface area contributed by atoms with E-state index in [9.17, 15) is 0 Å². The first kappa shape index (κ1) is 11.0. The first-order chi connectivity index (χ1) is 6.07. The predicted octanol–water partition coefficient (Wildman–Crippen LogP) is 2.96. The first-order valence-corrected chi connectivity index (χ1v) is 5.39. The topological polar surface area (TPSA) is 18.5 Å². The second-order valence-corrected chi connectivity index (χ2v) is 4.37. The SMILES string of the molecule is CCC(CC)CC1COC(C)(C)O1. The lowest BCUT2D eigenvalue weighted by Crippen LogP contribution is -2.22. The minimum Gasteiger partial charge on any atom is -0.348 e. The average molecular weight is 186 g/mol. The molecule has 2 nitrogen and oxygen atoms in total. The first-order valence-electron chi connectivity index (χ1n) is 5.39. The van der Waals surface area contributed by atoms with Gasteiger partial charge in [-0.2, -0.15) is 0 Å². The van der Waals surface area contributed by atoms with Gasteiger partial charge in [-0.05, 0) is 26.2 Å². The van der Waals surface area contributed by atoms with E-state index >= 15 is 0 Å². The Morgan fingerprint density at radius 3 is 2.31 bits per heavy atom. The lowest BCUT2D eigenvalue weighted by atomic mass is 9.96. The number of ether oxygens (including phenoxy) is 2. The van der Waals surface area contributed by atoms with E-state index < -0.39 is 0 Å². The van der Waals surface area contributed by atoms with Crippen LogP contribution in [0.5, 0.6) is 0 Å². The molecule has 78 valence electrons. The van der Waals surface area contributed by atoms with Gasteiger partial charge >= 0.3 is 0 Å². The Bertz CT molecular complexity index is 150. The second kappa shape index (κ2) is 4.43. The van der Waals surface area contributed by atoms with E-state index in [1.54, 1.807) is 0 Å². The zero-order valence-corrected chi connectivity index (χ0v) is 9.30. The molecule has 0 aromatic heterocycles. The van der Waals surface area contributed by atoms with Crippen molar-refractivity contribution in [3.63, 3.8) is 0 Å². The van der Waals surface area contributed by atoms with Crippen molar-refractivity contribution >= 4 is 0 Å². The molecular formula is C11H22O2. The third kappa shape index (κ3) is 3.28. The van der Waals surface area contributed by atoms with Crippen molar-refractivity contribution in [2.24, 2.45) is 5.92 Å². The molecule has 1 fully saturated rings. The minimum atomic E-state index is -0.350. The number of hydrogen-bond acceptors (Lipinski definition) is 2. The summed E-state index contributed by atoms with van der Waals surface area (Å²) in [7, 11) is 0. The highest BCUT2D eigenvalue weighted by molar-refractivity contribution is 4.73. The fraction of sp³-hybridized carbons (Fsp3) is 1.00. The van der Waals surface area contributed by atoms with E-state index in [4.69, 9.17) is 9.47 Å². The standard InChI is InChI=1S/C11H22O2/c1-5-9(6-2)7-10-8-12-11(3,4)13-10/h9-10H,5-8H2,1-4H3. The van der Waals surface area contributed by atoms with Gasteiger partial charge in [-0.25, -0.2) is 0 Å². The van der Waals surface area contributed by atoms with Crippen LogP contribution in [-0.4, -0.2) is 18.5 Å². The van der Waals surface area contributed by atoms with Gasteiger partial charge in [-0.3, -0.25) is 0 Å². The molecule has 1 unspecified atom stereocenters. The summed E-state index contributed by atoms with van der Waals surface area (Å²) in [5.41, 5.74) is 0. The van der Waals surface area contributed by atoms with E-state index in [0.717, 1.165) is 18.9 Å². The Morgan fingerprint density at radius 1 is 1.31 bits per heavy atom. The lowest BCUT2D eigenvalue weighted by Gasteiger charge is -2.19. The van der Waals surface area contributed by atoms with Crippen molar-refractivity contribution in [1.29, 1.82) is 0 Å². The van der Waals surface area contributed by atoms with Crippen LogP contribution in [0.2, 0.25) is 0 Å². The van der Waals surface area contributed by atoms with Gasteiger partial charge in [-0.1, -0.05) is 26.7 Å². The maximum Gasteiger partial charge on any atom is 0.163 e. The van der Waals surface area contributed by atoms with E-state index in [1.165, 1.54) is 12.8 Å². The molecule has 13 heavy (non-hydrogen) atoms. The highest BCUT2D eigenvalue weighted by atomic mass is 16.7. The number of rotatable bonds is 4. The fourth-order valence-corrected chi connectivity index (χ4v) is 1.87. The van der Waals surface area contributed by atoms with Crippen LogP contribution in [-0.2, 0) is 9.47 Å². The summed E-state index contributed by atoms with van der Waals surface area (Å²) in [6, 6.07) is 0. The average Bonchev–Trinajstić information content (AvgIpc) is 2.41. The summed E-state index contributed by atoms with van der Waals surface area (Å²) in [6.07, 6.45) is 3.96. The zero-order valence-electron chi connectivity index (χ0n) is 9.30. The Labute approximate surface area is 81.6 Å². The Hall–Kier alpha value is -0.0800. The van der Waals surface area contributed by atoms with Crippen molar-refractivity contribution < 1.29 is 9.47 Å². The molecule has 0 N–H and O–H groups in total. The van der Waals surface area contributed by atoms with Gasteiger partial charge in [0.25, 0.3) is 0 Å². The van der Waals surface area contributed by atoms with Crippen molar-refractivity contribution in [2.45, 2.75) is 58.8 Å². The summed E-state index contributed by atoms with van der Waals surface area (Å²) < 4.78 is 11.3. The maximum atomic E-state index is 5.76. The van der Waals surface area contributed by atoms with Gasteiger partial charge in [0.2, 0.25) is 0 Å². The van der Waals surface area contributed by atoms with Gasteiger partial charge in [0.15, 0.2) is 5.79 Å². The van der Waals surface area contributed by atoms with Crippen molar-refractivity contribution in [1.82, 2.24) is 0 Å². The van der Waals surface area contributed by atoms with Crippen LogP contribution in [0.25, 0.3) is 0 Å². The van der Waals surface area contributed by atoms with Gasteiger partial charge in [0.05, 0.1) is 12.7 Å². The van der Waals surface area contributed by atoms with E-state index in [-0.39, 0.29) is 5.79 Å². The fourth-order valence-electron chi connectivity index (χ4n) is 1.87. The smallest absolute Gasteiger partial charge is 0.163 e. The molecule has 0 bridgehead atoms. The monoisotopic (exact) mass is 186 g/mol. The van der Waals surface area contributed by atoms with Crippen LogP contribution in [0.4, 0.5) is 0 Å². The molecule has 0 amide bonds. The number of hydrogen-bond donors (Lipinski definition) is 0. The molecule has 0 saturated carbocycles. The Balaban J connectivity index is 2.31. The highest BCUT2D eigenvalue weighted by Crippen LogP contribution is 2.27. The van der Waals surface area contributed by atoms with Crippen molar-refractivity contribution in [2.75, 3.05) is 6.61 Å². The molecule has 1 aliphatic heterocycles. The minimum absolute atomic E-state index is 0.319. The quantitative estimate of drug-likeness (QED) is 0.672. The molecule has 1 atom stereocenters. The summed E-state index contributed by atoms with van der Waals surface area (Å²) in [5, 5.41) is 0. The molecule has 2 heteroatoms. The zero-order chi connectivity index (χ0) is 9.90. The van der Waals surface area contributed by atoms with E-state index in [0.29, 0.717) is 6.10 Å². The molecule has 0 aliphatic carbocycles.